The molecule has 1 fully saturated rings. The molecule has 1 saturated heterocycles. The van der Waals surface area contributed by atoms with Gasteiger partial charge in [-0.1, -0.05) is 17.7 Å². The van der Waals surface area contributed by atoms with Crippen LogP contribution >= 0.6 is 11.6 Å². The van der Waals surface area contributed by atoms with Gasteiger partial charge in [-0.3, -0.25) is 9.69 Å². The zero-order valence-electron chi connectivity index (χ0n) is 13.6. The van der Waals surface area contributed by atoms with Gasteiger partial charge in [0.1, 0.15) is 0 Å². The van der Waals surface area contributed by atoms with Crippen molar-refractivity contribution in [2.75, 3.05) is 32.1 Å². The lowest BCUT2D eigenvalue weighted by molar-refractivity contribution is -0.116. The summed E-state index contributed by atoms with van der Waals surface area (Å²) in [6.45, 7) is 6.51. The number of hydrogen-bond donors (Lipinski definition) is 1. The number of nitrogens with one attached hydrogen (secondary N) is 1. The number of rotatable bonds is 6. The fraction of sp³-hybridized carbons (Fsp3) is 0.588. The van der Waals surface area contributed by atoms with E-state index in [9.17, 15) is 4.79 Å². The van der Waals surface area contributed by atoms with Crippen molar-refractivity contribution in [2.24, 2.45) is 0 Å². The van der Waals surface area contributed by atoms with E-state index >= 15 is 0 Å². The van der Waals surface area contributed by atoms with Crippen molar-refractivity contribution < 1.29 is 9.53 Å². The van der Waals surface area contributed by atoms with Gasteiger partial charge in [-0.15, -0.1) is 0 Å². The normalized spacial score (nSPS) is 18.6. The highest BCUT2D eigenvalue weighted by Gasteiger charge is 2.24. The van der Waals surface area contributed by atoms with Gasteiger partial charge in [-0.2, -0.15) is 0 Å². The van der Waals surface area contributed by atoms with Crippen LogP contribution in [0.15, 0.2) is 12.1 Å². The lowest BCUT2D eigenvalue weighted by Gasteiger charge is -2.23. The Balaban J connectivity index is 1.88. The van der Waals surface area contributed by atoms with Gasteiger partial charge in [-0.25, -0.2) is 0 Å². The molecule has 0 aromatic heterocycles. The maximum Gasteiger partial charge on any atom is 0.225 e. The number of carbonyl (C=O) groups excluding carboxylic acids is 1. The molecule has 1 aromatic carbocycles. The third-order valence-corrected chi connectivity index (χ3v) is 4.48. The first kappa shape index (κ1) is 17.3. The molecule has 1 aliphatic heterocycles. The quantitative estimate of drug-likeness (QED) is 0.872. The second-order valence-corrected chi connectivity index (χ2v) is 6.43. The van der Waals surface area contributed by atoms with E-state index in [0.717, 1.165) is 42.9 Å². The number of ether oxygens (including phenoxy) is 1. The number of amides is 1. The number of halogens is 1. The van der Waals surface area contributed by atoms with E-state index in [0.29, 0.717) is 17.5 Å². The molecule has 1 atom stereocenters. The summed E-state index contributed by atoms with van der Waals surface area (Å²) in [7, 11) is 1.73. The van der Waals surface area contributed by atoms with E-state index in [1.807, 2.05) is 26.0 Å². The summed E-state index contributed by atoms with van der Waals surface area (Å²) in [5, 5.41) is 3.55. The van der Waals surface area contributed by atoms with Gasteiger partial charge < -0.3 is 10.1 Å². The summed E-state index contributed by atoms with van der Waals surface area (Å²) in [5.41, 5.74) is 2.82. The molecule has 0 bridgehead atoms. The zero-order valence-corrected chi connectivity index (χ0v) is 14.4. The minimum atomic E-state index is 0.0110. The van der Waals surface area contributed by atoms with Crippen molar-refractivity contribution in [3.63, 3.8) is 0 Å². The Bertz CT molecular complexity index is 510. The van der Waals surface area contributed by atoms with Crippen LogP contribution in [0, 0.1) is 13.8 Å². The van der Waals surface area contributed by atoms with Gasteiger partial charge in [0.05, 0.1) is 17.3 Å². The summed E-state index contributed by atoms with van der Waals surface area (Å²) < 4.78 is 5.24. The van der Waals surface area contributed by atoms with Crippen molar-refractivity contribution in [1.29, 1.82) is 0 Å². The third-order valence-electron chi connectivity index (χ3n) is 4.18. The van der Waals surface area contributed by atoms with E-state index in [1.165, 1.54) is 6.42 Å². The highest BCUT2D eigenvalue weighted by molar-refractivity contribution is 6.34. The zero-order chi connectivity index (χ0) is 16.1. The maximum atomic E-state index is 12.2. The van der Waals surface area contributed by atoms with Gasteiger partial charge in [0.15, 0.2) is 0 Å². The van der Waals surface area contributed by atoms with E-state index in [-0.39, 0.29) is 5.91 Å². The molecule has 0 spiro atoms. The maximum absolute atomic E-state index is 12.2. The SMILES string of the molecule is COC[C@@H]1CCCN1CCC(=O)Nc1c(C)cc(C)cc1Cl. The molecule has 122 valence electrons. The highest BCUT2D eigenvalue weighted by Crippen LogP contribution is 2.27. The molecular formula is C17H25ClN2O2. The lowest BCUT2D eigenvalue weighted by Crippen LogP contribution is -2.35. The lowest BCUT2D eigenvalue weighted by atomic mass is 10.1. The van der Waals surface area contributed by atoms with E-state index in [2.05, 4.69) is 10.2 Å². The Labute approximate surface area is 137 Å². The Hall–Kier alpha value is -1.10. The molecular weight excluding hydrogens is 300 g/mol. The molecule has 0 unspecified atom stereocenters. The fourth-order valence-electron chi connectivity index (χ4n) is 3.09. The second kappa shape index (κ2) is 7.95. The van der Waals surface area contributed by atoms with Crippen molar-refractivity contribution in [3.8, 4) is 0 Å². The first-order chi connectivity index (χ1) is 10.5. The molecule has 1 N–H and O–H groups in total. The number of aryl methyl sites for hydroxylation is 2. The van der Waals surface area contributed by atoms with Crippen LogP contribution in [0.4, 0.5) is 5.69 Å². The van der Waals surface area contributed by atoms with Crippen LogP contribution in [-0.2, 0) is 9.53 Å². The summed E-state index contributed by atoms with van der Waals surface area (Å²) in [6.07, 6.45) is 2.81. The van der Waals surface area contributed by atoms with Crippen LogP contribution in [0.2, 0.25) is 5.02 Å². The number of methoxy groups -OCH3 is 1. The van der Waals surface area contributed by atoms with Crippen molar-refractivity contribution in [3.05, 3.63) is 28.3 Å². The van der Waals surface area contributed by atoms with E-state index < -0.39 is 0 Å². The van der Waals surface area contributed by atoms with Crippen LogP contribution in [0.5, 0.6) is 0 Å². The summed E-state index contributed by atoms with van der Waals surface area (Å²) in [5.74, 6) is 0.0110. The Morgan fingerprint density at radius 1 is 1.45 bits per heavy atom. The summed E-state index contributed by atoms with van der Waals surface area (Å²) in [6, 6.07) is 4.35. The number of benzene rings is 1. The number of nitrogens with zero attached hydrogens (tertiary/aromatic N) is 1. The van der Waals surface area contributed by atoms with Crippen molar-refractivity contribution in [2.45, 2.75) is 39.2 Å². The van der Waals surface area contributed by atoms with Crippen LogP contribution in [0.25, 0.3) is 0 Å². The predicted octanol–water partition coefficient (Wildman–Crippen LogP) is 3.40. The van der Waals surface area contributed by atoms with Gasteiger partial charge in [0.2, 0.25) is 5.91 Å². The van der Waals surface area contributed by atoms with Gasteiger partial charge in [0, 0.05) is 26.1 Å². The van der Waals surface area contributed by atoms with E-state index in [4.69, 9.17) is 16.3 Å². The number of carbonyl (C=O) groups is 1. The molecule has 4 nitrogen and oxygen atoms in total. The predicted molar refractivity (Wildman–Crippen MR) is 90.6 cm³/mol. The Morgan fingerprint density at radius 3 is 2.91 bits per heavy atom. The molecule has 1 aliphatic rings. The number of hydrogen-bond acceptors (Lipinski definition) is 3. The Kier molecular flexibility index (Phi) is 6.24. The van der Waals surface area contributed by atoms with Crippen LogP contribution in [0.3, 0.4) is 0 Å². The molecule has 22 heavy (non-hydrogen) atoms. The van der Waals surface area contributed by atoms with Crippen molar-refractivity contribution >= 4 is 23.2 Å². The molecule has 0 saturated carbocycles. The Morgan fingerprint density at radius 2 is 2.23 bits per heavy atom. The van der Waals surface area contributed by atoms with Crippen LogP contribution in [0.1, 0.15) is 30.4 Å². The fourth-order valence-corrected chi connectivity index (χ4v) is 3.46. The minimum absolute atomic E-state index is 0.0110. The number of likely N-dealkylation sites (tertiary alicyclic amines) is 1. The molecule has 2 rings (SSSR count). The summed E-state index contributed by atoms with van der Waals surface area (Å²) >= 11 is 6.23. The highest BCUT2D eigenvalue weighted by atomic mass is 35.5. The minimum Gasteiger partial charge on any atom is -0.383 e. The molecule has 1 heterocycles. The molecule has 1 aromatic rings. The number of anilines is 1. The molecule has 0 aliphatic carbocycles. The van der Waals surface area contributed by atoms with E-state index in [1.54, 1.807) is 7.11 Å². The molecule has 1 amide bonds. The molecule has 0 radical (unpaired) electrons. The topological polar surface area (TPSA) is 41.6 Å². The monoisotopic (exact) mass is 324 g/mol. The smallest absolute Gasteiger partial charge is 0.225 e. The van der Waals surface area contributed by atoms with Gasteiger partial charge in [0.25, 0.3) is 0 Å². The van der Waals surface area contributed by atoms with Crippen LogP contribution in [-0.4, -0.2) is 43.7 Å². The largest absolute Gasteiger partial charge is 0.383 e. The first-order valence-electron chi connectivity index (χ1n) is 7.81. The average Bonchev–Trinajstić information content (AvgIpc) is 2.88. The average molecular weight is 325 g/mol. The van der Waals surface area contributed by atoms with Gasteiger partial charge in [-0.05, 0) is 50.4 Å². The van der Waals surface area contributed by atoms with Gasteiger partial charge >= 0.3 is 0 Å². The standard InChI is InChI=1S/C17H25ClN2O2/c1-12-9-13(2)17(15(18)10-12)19-16(21)6-8-20-7-4-5-14(20)11-22-3/h9-10,14H,4-8,11H2,1-3H3,(H,19,21)/t14-/m0/s1. The molecule has 5 heteroatoms. The third kappa shape index (κ3) is 4.45. The van der Waals surface area contributed by atoms with Crippen LogP contribution < -0.4 is 5.32 Å². The summed E-state index contributed by atoms with van der Waals surface area (Å²) in [4.78, 5) is 14.5. The first-order valence-corrected chi connectivity index (χ1v) is 8.18. The second-order valence-electron chi connectivity index (χ2n) is 6.02. The van der Waals surface area contributed by atoms with Crippen molar-refractivity contribution in [1.82, 2.24) is 4.90 Å².